The third-order valence-electron chi connectivity index (χ3n) is 5.51. The van der Waals surface area contributed by atoms with Gasteiger partial charge in [-0.05, 0) is 36.4 Å². The molecule has 15 heteroatoms. The normalized spacial score (nSPS) is 10.2. The molecule has 41 heavy (non-hydrogen) atoms. The third-order valence-corrected chi connectivity index (χ3v) is 5.51. The van der Waals surface area contributed by atoms with Crippen LogP contribution in [0.4, 0.5) is 17.1 Å². The highest BCUT2D eigenvalue weighted by Crippen LogP contribution is 2.40. The molecule has 3 aromatic rings. The molecule has 3 rings (SSSR count). The molecule has 0 saturated carbocycles. The van der Waals surface area contributed by atoms with E-state index in [-0.39, 0.29) is 46.2 Å². The summed E-state index contributed by atoms with van der Waals surface area (Å²) in [5, 5.41) is 49.8. The topological polar surface area (TPSA) is 233 Å². The number of anilines is 3. The molecular formula is C26H24N4O11. The Balaban J connectivity index is 1.82. The Labute approximate surface area is 231 Å². The monoisotopic (exact) mass is 568 g/mol. The number of aromatic hydroxyl groups is 3. The lowest BCUT2D eigenvalue weighted by Crippen LogP contribution is -2.26. The Morgan fingerprint density at radius 3 is 1.78 bits per heavy atom. The Morgan fingerprint density at radius 1 is 0.756 bits per heavy atom. The minimum absolute atomic E-state index is 0.0655. The van der Waals surface area contributed by atoms with Gasteiger partial charge in [0.05, 0.1) is 43.3 Å². The Kier molecular flexibility index (Phi) is 9.16. The minimum Gasteiger partial charge on any atom is -0.507 e. The number of hydrogen-bond donors (Lipinski definition) is 8. The second-order valence-corrected chi connectivity index (χ2v) is 8.08. The van der Waals surface area contributed by atoms with E-state index in [1.54, 1.807) is 0 Å². The first-order valence-electron chi connectivity index (χ1n) is 11.5. The van der Waals surface area contributed by atoms with E-state index in [1.807, 2.05) is 0 Å². The Bertz CT molecular complexity index is 1540. The van der Waals surface area contributed by atoms with Gasteiger partial charge in [-0.15, -0.1) is 0 Å². The molecular weight excluding hydrogens is 544 g/mol. The van der Waals surface area contributed by atoms with Gasteiger partial charge in [-0.2, -0.15) is 0 Å². The summed E-state index contributed by atoms with van der Waals surface area (Å²) in [6.07, 6.45) is 0.347. The van der Waals surface area contributed by atoms with Gasteiger partial charge >= 0.3 is 5.97 Å². The second kappa shape index (κ2) is 12.7. The van der Waals surface area contributed by atoms with E-state index in [0.29, 0.717) is 6.41 Å². The molecule has 0 unspecified atom stereocenters. The Hall–Kier alpha value is -5.99. The summed E-state index contributed by atoms with van der Waals surface area (Å²) in [5.41, 5.74) is -0.966. The molecule has 0 aliphatic carbocycles. The van der Waals surface area contributed by atoms with E-state index >= 15 is 0 Å². The third kappa shape index (κ3) is 6.54. The van der Waals surface area contributed by atoms with Crippen molar-refractivity contribution in [3.8, 4) is 28.7 Å². The number of aromatic carboxylic acids is 1. The average molecular weight is 568 g/mol. The maximum atomic E-state index is 12.9. The van der Waals surface area contributed by atoms with Crippen molar-refractivity contribution in [2.24, 2.45) is 0 Å². The first-order chi connectivity index (χ1) is 19.5. The van der Waals surface area contributed by atoms with Crippen LogP contribution >= 0.6 is 0 Å². The molecule has 3 aromatic carbocycles. The van der Waals surface area contributed by atoms with Crippen molar-refractivity contribution in [1.29, 1.82) is 0 Å². The van der Waals surface area contributed by atoms with Gasteiger partial charge in [0.1, 0.15) is 11.3 Å². The van der Waals surface area contributed by atoms with Crippen LogP contribution in [0.5, 0.6) is 28.7 Å². The molecule has 0 atom stereocenters. The van der Waals surface area contributed by atoms with Crippen LogP contribution in [0.2, 0.25) is 0 Å². The number of ether oxygens (including phenoxy) is 2. The molecule has 0 saturated heterocycles. The van der Waals surface area contributed by atoms with Crippen LogP contribution < -0.4 is 30.7 Å². The fourth-order valence-corrected chi connectivity index (χ4v) is 3.63. The van der Waals surface area contributed by atoms with Gasteiger partial charge < -0.3 is 51.2 Å². The molecule has 0 aliphatic rings. The van der Waals surface area contributed by atoms with Crippen LogP contribution in [-0.2, 0) is 9.59 Å². The maximum absolute atomic E-state index is 12.9. The summed E-state index contributed by atoms with van der Waals surface area (Å²) in [4.78, 5) is 59.0. The number of phenols is 3. The molecule has 8 N–H and O–H groups in total. The van der Waals surface area contributed by atoms with Crippen LogP contribution in [0.1, 0.15) is 31.1 Å². The maximum Gasteiger partial charge on any atom is 0.339 e. The lowest BCUT2D eigenvalue weighted by Gasteiger charge is -2.16. The Morgan fingerprint density at radius 2 is 1.27 bits per heavy atom. The lowest BCUT2D eigenvalue weighted by molar-refractivity contribution is -0.118. The number of carboxylic acid groups (broad SMARTS) is 1. The van der Waals surface area contributed by atoms with Crippen molar-refractivity contribution in [1.82, 2.24) is 5.32 Å². The number of carboxylic acids is 1. The van der Waals surface area contributed by atoms with Crippen LogP contribution in [0.25, 0.3) is 0 Å². The van der Waals surface area contributed by atoms with Crippen molar-refractivity contribution in [2.45, 2.75) is 0 Å². The van der Waals surface area contributed by atoms with Crippen molar-refractivity contribution in [2.75, 3.05) is 36.7 Å². The molecule has 0 spiro atoms. The average Bonchev–Trinajstić information content (AvgIpc) is 2.92. The van der Waals surface area contributed by atoms with Crippen LogP contribution in [0.15, 0.2) is 42.5 Å². The van der Waals surface area contributed by atoms with Crippen molar-refractivity contribution in [3.63, 3.8) is 0 Å². The number of rotatable bonds is 11. The summed E-state index contributed by atoms with van der Waals surface area (Å²) >= 11 is 0. The predicted octanol–water partition coefficient (Wildman–Crippen LogP) is 1.71. The quantitative estimate of drug-likeness (QED) is 0.155. The predicted molar refractivity (Wildman–Crippen MR) is 143 cm³/mol. The van der Waals surface area contributed by atoms with Gasteiger partial charge in [-0.1, -0.05) is 0 Å². The summed E-state index contributed by atoms with van der Waals surface area (Å²) < 4.78 is 10.2. The zero-order valence-corrected chi connectivity index (χ0v) is 21.5. The number of phenolic OH excluding ortho intramolecular Hbond substituents is 2. The van der Waals surface area contributed by atoms with Crippen LogP contribution in [-0.4, -0.2) is 71.3 Å². The fourth-order valence-electron chi connectivity index (χ4n) is 3.63. The SMILES string of the molecule is COc1c(NC(=O)c2ccc(NC(=O)c3ccc(NC(=O)CNC=O)cc3O)c(OC)c2O)ccc(C(=O)O)c1O. The summed E-state index contributed by atoms with van der Waals surface area (Å²) in [6.45, 7) is -0.295. The highest BCUT2D eigenvalue weighted by Gasteiger charge is 2.24. The van der Waals surface area contributed by atoms with Crippen LogP contribution in [0, 0.1) is 0 Å². The molecule has 214 valence electrons. The first-order valence-corrected chi connectivity index (χ1v) is 11.5. The van der Waals surface area contributed by atoms with Gasteiger partial charge in [0.15, 0.2) is 23.0 Å². The molecule has 0 bridgehead atoms. The number of amides is 4. The van der Waals surface area contributed by atoms with E-state index in [1.165, 1.54) is 31.4 Å². The number of hydrogen-bond acceptors (Lipinski definition) is 10. The van der Waals surface area contributed by atoms with Gasteiger partial charge in [0, 0.05) is 11.8 Å². The fraction of sp³-hybridized carbons (Fsp3) is 0.115. The standard InChI is InChI=1S/C26H24N4O11/c1-40-22-16(29-24(36)13-4-3-12(9-18(13)32)28-19(33)10-27-11-31)7-5-14(20(22)34)25(37)30-17-8-6-15(26(38)39)21(35)23(17)41-2/h3-9,11,32,34-35H,10H2,1-2H3,(H,27,31)(H,28,33)(H,29,36)(H,30,37)(H,38,39). The largest absolute Gasteiger partial charge is 0.507 e. The highest BCUT2D eigenvalue weighted by molar-refractivity contribution is 6.11. The van der Waals surface area contributed by atoms with Crippen LogP contribution in [0.3, 0.4) is 0 Å². The van der Waals surface area contributed by atoms with E-state index in [2.05, 4.69) is 21.3 Å². The molecule has 4 amide bonds. The van der Waals surface area contributed by atoms with E-state index in [9.17, 15) is 39.3 Å². The molecule has 0 aliphatic heterocycles. The van der Waals surface area contributed by atoms with Crippen molar-refractivity contribution < 1.29 is 53.9 Å². The molecule has 0 heterocycles. The van der Waals surface area contributed by atoms with Gasteiger partial charge in [0.25, 0.3) is 11.8 Å². The molecule has 0 radical (unpaired) electrons. The lowest BCUT2D eigenvalue weighted by atomic mass is 10.1. The number of carbonyl (C=O) groups excluding carboxylic acids is 4. The zero-order valence-electron chi connectivity index (χ0n) is 21.5. The van der Waals surface area contributed by atoms with Gasteiger partial charge in [0.2, 0.25) is 12.3 Å². The summed E-state index contributed by atoms with van der Waals surface area (Å²) in [7, 11) is 2.33. The second-order valence-electron chi connectivity index (χ2n) is 8.08. The smallest absolute Gasteiger partial charge is 0.339 e. The molecule has 0 fully saturated rings. The molecule has 15 nitrogen and oxygen atoms in total. The number of nitrogens with one attached hydrogen (secondary N) is 4. The summed E-state index contributed by atoms with van der Waals surface area (Å²) in [6, 6.07) is 8.32. The summed E-state index contributed by atoms with van der Waals surface area (Å²) in [5.74, 6) is -6.19. The number of benzene rings is 3. The number of carbonyl (C=O) groups is 5. The molecule has 0 aromatic heterocycles. The van der Waals surface area contributed by atoms with Gasteiger partial charge in [-0.3, -0.25) is 19.2 Å². The number of methoxy groups -OCH3 is 2. The van der Waals surface area contributed by atoms with Crippen molar-refractivity contribution >= 4 is 47.2 Å². The zero-order chi connectivity index (χ0) is 30.3. The van der Waals surface area contributed by atoms with E-state index < -0.39 is 46.5 Å². The first kappa shape index (κ1) is 29.6. The van der Waals surface area contributed by atoms with Crippen molar-refractivity contribution in [3.05, 3.63) is 59.2 Å². The van der Waals surface area contributed by atoms with E-state index in [4.69, 9.17) is 14.6 Å². The minimum atomic E-state index is -1.42. The highest BCUT2D eigenvalue weighted by atomic mass is 16.5. The van der Waals surface area contributed by atoms with E-state index in [0.717, 1.165) is 25.3 Å². The van der Waals surface area contributed by atoms with Gasteiger partial charge in [-0.25, -0.2) is 4.79 Å².